The van der Waals surface area contributed by atoms with Crippen molar-refractivity contribution >= 4 is 17.2 Å². The van der Waals surface area contributed by atoms with Crippen molar-refractivity contribution in [2.75, 3.05) is 11.5 Å². The van der Waals surface area contributed by atoms with Gasteiger partial charge in [0.25, 0.3) is 0 Å². The largest absolute Gasteiger partial charge is 0.508 e. The van der Waals surface area contributed by atoms with Crippen LogP contribution in [0, 0.1) is 0 Å². The highest BCUT2D eigenvalue weighted by Crippen LogP contribution is 2.21. The summed E-state index contributed by atoms with van der Waals surface area (Å²) < 4.78 is 0. The predicted octanol–water partition coefficient (Wildman–Crippen LogP) is 1.98. The molecule has 0 unspecified atom stereocenters. The van der Waals surface area contributed by atoms with E-state index >= 15 is 0 Å². The normalized spacial score (nSPS) is 10.2. The molecule has 5 N–H and O–H groups in total. The molecule has 0 saturated heterocycles. The number of carbonyl (C=O) groups is 1. The van der Waals surface area contributed by atoms with E-state index in [2.05, 4.69) is 0 Å². The minimum absolute atomic E-state index is 0.0921. The van der Waals surface area contributed by atoms with Crippen LogP contribution < -0.4 is 11.5 Å². The first kappa shape index (κ1) is 12.0. The molecule has 4 heteroatoms. The fraction of sp³-hybridized carbons (Fsp3) is 0.0714. The van der Waals surface area contributed by atoms with Gasteiger partial charge in [0.2, 0.25) is 0 Å². The monoisotopic (exact) mass is 242 g/mol. The Morgan fingerprint density at radius 2 is 1.72 bits per heavy atom. The number of ketones is 1. The molecular weight excluding hydrogens is 228 g/mol. The highest BCUT2D eigenvalue weighted by molar-refractivity contribution is 6.03. The summed E-state index contributed by atoms with van der Waals surface area (Å²) in [5, 5.41) is 9.17. The minimum Gasteiger partial charge on any atom is -0.508 e. The van der Waals surface area contributed by atoms with Gasteiger partial charge < -0.3 is 16.6 Å². The number of phenols is 1. The Morgan fingerprint density at radius 1 is 1.06 bits per heavy atom. The standard InChI is InChI=1S/C14H14N2O2/c15-12-3-1-2-11(14(12)16)13(18)8-9-4-6-10(17)7-5-9/h1-7,17H,8,15-16H2. The van der Waals surface area contributed by atoms with Crippen LogP contribution in [0.4, 0.5) is 11.4 Å². The molecule has 2 aromatic carbocycles. The van der Waals surface area contributed by atoms with Crippen LogP contribution in [0.1, 0.15) is 15.9 Å². The molecule has 0 aromatic heterocycles. The number of aromatic hydroxyl groups is 1. The lowest BCUT2D eigenvalue weighted by atomic mass is 10.0. The van der Waals surface area contributed by atoms with Gasteiger partial charge in [-0.15, -0.1) is 0 Å². The molecule has 0 aliphatic carbocycles. The molecule has 0 fully saturated rings. The molecule has 0 heterocycles. The zero-order valence-electron chi connectivity index (χ0n) is 9.76. The van der Waals surface area contributed by atoms with E-state index in [1.54, 1.807) is 42.5 Å². The van der Waals surface area contributed by atoms with Gasteiger partial charge in [0.1, 0.15) is 5.75 Å². The number of rotatable bonds is 3. The van der Waals surface area contributed by atoms with Crippen molar-refractivity contribution in [1.82, 2.24) is 0 Å². The maximum atomic E-state index is 12.1. The quantitative estimate of drug-likeness (QED) is 0.567. The molecule has 0 atom stereocenters. The van der Waals surface area contributed by atoms with Crippen molar-refractivity contribution in [3.8, 4) is 5.75 Å². The van der Waals surface area contributed by atoms with Crippen LogP contribution in [0.3, 0.4) is 0 Å². The Bertz CT molecular complexity index is 577. The van der Waals surface area contributed by atoms with Crippen molar-refractivity contribution in [2.45, 2.75) is 6.42 Å². The Kier molecular flexibility index (Phi) is 3.19. The number of Topliss-reactive ketones (excluding diaryl/α,β-unsaturated/α-hetero) is 1. The lowest BCUT2D eigenvalue weighted by molar-refractivity contribution is 0.0994. The van der Waals surface area contributed by atoms with E-state index in [0.717, 1.165) is 5.56 Å². The average molecular weight is 242 g/mol. The molecule has 18 heavy (non-hydrogen) atoms. The fourth-order valence-corrected chi connectivity index (χ4v) is 1.72. The molecule has 0 aliphatic rings. The smallest absolute Gasteiger partial charge is 0.169 e. The first-order valence-corrected chi connectivity index (χ1v) is 5.53. The van der Waals surface area contributed by atoms with Gasteiger partial charge in [-0.3, -0.25) is 4.79 Å². The van der Waals surface area contributed by atoms with Crippen LogP contribution in [0.5, 0.6) is 5.75 Å². The number of anilines is 2. The topological polar surface area (TPSA) is 89.3 Å². The van der Waals surface area contributed by atoms with Crippen LogP contribution in [0.25, 0.3) is 0 Å². The molecule has 2 rings (SSSR count). The molecular formula is C14H14N2O2. The number of hydrogen-bond donors (Lipinski definition) is 3. The van der Waals surface area contributed by atoms with Gasteiger partial charge in [-0.05, 0) is 29.8 Å². The summed E-state index contributed by atoms with van der Waals surface area (Å²) in [6.07, 6.45) is 0.230. The summed E-state index contributed by atoms with van der Waals surface area (Å²) >= 11 is 0. The molecule has 0 spiro atoms. The van der Waals surface area contributed by atoms with E-state index in [1.165, 1.54) is 0 Å². The summed E-state index contributed by atoms with van der Waals surface area (Å²) in [7, 11) is 0. The maximum absolute atomic E-state index is 12.1. The third kappa shape index (κ3) is 2.43. The zero-order valence-corrected chi connectivity index (χ0v) is 9.76. The number of para-hydroxylation sites is 1. The second kappa shape index (κ2) is 4.79. The predicted molar refractivity (Wildman–Crippen MR) is 71.4 cm³/mol. The zero-order chi connectivity index (χ0) is 13.1. The summed E-state index contributed by atoms with van der Waals surface area (Å²) in [6.45, 7) is 0. The molecule has 92 valence electrons. The number of nitrogens with two attached hydrogens (primary N) is 2. The van der Waals surface area contributed by atoms with Gasteiger partial charge in [0.05, 0.1) is 11.4 Å². The molecule has 0 bridgehead atoms. The van der Waals surface area contributed by atoms with E-state index < -0.39 is 0 Å². The molecule has 0 saturated carbocycles. The van der Waals surface area contributed by atoms with Gasteiger partial charge >= 0.3 is 0 Å². The van der Waals surface area contributed by atoms with Crippen molar-refractivity contribution in [2.24, 2.45) is 0 Å². The van der Waals surface area contributed by atoms with Crippen LogP contribution in [-0.4, -0.2) is 10.9 Å². The molecule has 0 aliphatic heterocycles. The molecule has 0 amide bonds. The van der Waals surface area contributed by atoms with Gasteiger partial charge in [-0.1, -0.05) is 18.2 Å². The number of carbonyl (C=O) groups excluding carboxylic acids is 1. The highest BCUT2D eigenvalue weighted by atomic mass is 16.3. The minimum atomic E-state index is -0.0921. The van der Waals surface area contributed by atoms with E-state index in [4.69, 9.17) is 16.6 Å². The highest BCUT2D eigenvalue weighted by Gasteiger charge is 2.11. The molecule has 2 aromatic rings. The Hall–Kier alpha value is -2.49. The van der Waals surface area contributed by atoms with Crippen molar-refractivity contribution in [3.63, 3.8) is 0 Å². The summed E-state index contributed by atoms with van der Waals surface area (Å²) in [4.78, 5) is 12.1. The first-order valence-electron chi connectivity index (χ1n) is 5.53. The Balaban J connectivity index is 2.22. The van der Waals surface area contributed by atoms with E-state index in [1.807, 2.05) is 0 Å². The van der Waals surface area contributed by atoms with Crippen molar-refractivity contribution < 1.29 is 9.90 Å². The first-order chi connectivity index (χ1) is 8.58. The number of phenolic OH excluding ortho intramolecular Hbond substituents is 1. The van der Waals surface area contributed by atoms with Gasteiger partial charge in [0, 0.05) is 12.0 Å². The number of nitrogen functional groups attached to an aromatic ring is 2. The lowest BCUT2D eigenvalue weighted by Crippen LogP contribution is -2.08. The second-order valence-corrected chi connectivity index (χ2v) is 4.07. The van der Waals surface area contributed by atoms with Crippen LogP contribution in [0.2, 0.25) is 0 Å². The fourth-order valence-electron chi connectivity index (χ4n) is 1.72. The summed E-state index contributed by atoms with van der Waals surface area (Å²) in [5.41, 5.74) is 13.4. The van der Waals surface area contributed by atoms with E-state index in [-0.39, 0.29) is 18.0 Å². The van der Waals surface area contributed by atoms with E-state index in [0.29, 0.717) is 16.9 Å². The van der Waals surface area contributed by atoms with Crippen molar-refractivity contribution in [1.29, 1.82) is 0 Å². The summed E-state index contributed by atoms with van der Waals surface area (Å²) in [5.74, 6) is 0.0835. The van der Waals surface area contributed by atoms with Crippen LogP contribution in [-0.2, 0) is 6.42 Å². The van der Waals surface area contributed by atoms with Gasteiger partial charge in [0.15, 0.2) is 5.78 Å². The summed E-state index contributed by atoms with van der Waals surface area (Å²) in [6, 6.07) is 11.5. The number of hydrogen-bond acceptors (Lipinski definition) is 4. The van der Waals surface area contributed by atoms with Gasteiger partial charge in [-0.25, -0.2) is 0 Å². The van der Waals surface area contributed by atoms with Crippen LogP contribution >= 0.6 is 0 Å². The molecule has 0 radical (unpaired) electrons. The second-order valence-electron chi connectivity index (χ2n) is 4.07. The van der Waals surface area contributed by atoms with Gasteiger partial charge in [-0.2, -0.15) is 0 Å². The third-order valence-corrected chi connectivity index (χ3v) is 2.74. The average Bonchev–Trinajstić information content (AvgIpc) is 2.35. The Labute approximate surface area is 105 Å². The maximum Gasteiger partial charge on any atom is 0.169 e. The lowest BCUT2D eigenvalue weighted by Gasteiger charge is -2.07. The Morgan fingerprint density at radius 3 is 2.39 bits per heavy atom. The van der Waals surface area contributed by atoms with Crippen LogP contribution in [0.15, 0.2) is 42.5 Å². The number of benzene rings is 2. The SMILES string of the molecule is Nc1cccc(C(=O)Cc2ccc(O)cc2)c1N. The third-order valence-electron chi connectivity index (χ3n) is 2.74. The van der Waals surface area contributed by atoms with Crippen molar-refractivity contribution in [3.05, 3.63) is 53.6 Å². The molecule has 4 nitrogen and oxygen atoms in total. The van der Waals surface area contributed by atoms with E-state index in [9.17, 15) is 4.79 Å².